The normalized spacial score (nSPS) is 10.7. The summed E-state index contributed by atoms with van der Waals surface area (Å²) in [6.45, 7) is 3.73. The maximum atomic E-state index is 12.3. The summed E-state index contributed by atoms with van der Waals surface area (Å²) >= 11 is 2.38. The molecule has 28 heavy (non-hydrogen) atoms. The molecule has 0 spiro atoms. The van der Waals surface area contributed by atoms with Gasteiger partial charge < -0.3 is 14.6 Å². The Labute approximate surface area is 170 Å². The number of rotatable bonds is 7. The van der Waals surface area contributed by atoms with E-state index in [-0.39, 0.29) is 18.3 Å². The lowest BCUT2D eigenvalue weighted by atomic mass is 10.2. The van der Waals surface area contributed by atoms with Crippen molar-refractivity contribution in [2.45, 2.75) is 19.0 Å². The van der Waals surface area contributed by atoms with E-state index < -0.39 is 5.97 Å². The largest absolute Gasteiger partial charge is 0.462 e. The first-order valence-electron chi connectivity index (χ1n) is 8.51. The standard InChI is InChI=1S/C18H19N5O3S2/c1-4-26-16(25)14-11(2)19-17(28-14)20-13(24)10-27-18-22-21-15(23(18)3)12-8-6-5-7-9-12/h5-9H,4,10H2,1-3H3,(H,19,20,24). The predicted molar refractivity (Wildman–Crippen MR) is 109 cm³/mol. The highest BCUT2D eigenvalue weighted by atomic mass is 32.2. The summed E-state index contributed by atoms with van der Waals surface area (Å²) in [4.78, 5) is 28.7. The number of anilines is 1. The molecule has 2 heterocycles. The van der Waals surface area contributed by atoms with Gasteiger partial charge in [-0.1, -0.05) is 53.4 Å². The summed E-state index contributed by atoms with van der Waals surface area (Å²) in [5.41, 5.74) is 1.49. The Bertz CT molecular complexity index is 985. The molecule has 0 fully saturated rings. The lowest BCUT2D eigenvalue weighted by molar-refractivity contribution is -0.113. The van der Waals surface area contributed by atoms with Gasteiger partial charge in [-0.3, -0.25) is 4.79 Å². The first-order valence-corrected chi connectivity index (χ1v) is 10.3. The molecule has 0 unspecified atom stereocenters. The van der Waals surface area contributed by atoms with Gasteiger partial charge in [-0.2, -0.15) is 0 Å². The van der Waals surface area contributed by atoms with Crippen molar-refractivity contribution < 1.29 is 14.3 Å². The molecule has 3 rings (SSSR count). The zero-order valence-electron chi connectivity index (χ0n) is 15.6. The summed E-state index contributed by atoms with van der Waals surface area (Å²) in [5.74, 6) is 0.213. The number of aryl methyl sites for hydroxylation is 1. The second-order valence-electron chi connectivity index (χ2n) is 5.72. The van der Waals surface area contributed by atoms with Gasteiger partial charge in [0.25, 0.3) is 0 Å². The van der Waals surface area contributed by atoms with Crippen LogP contribution >= 0.6 is 23.1 Å². The van der Waals surface area contributed by atoms with Crippen molar-refractivity contribution in [1.82, 2.24) is 19.7 Å². The van der Waals surface area contributed by atoms with E-state index in [4.69, 9.17) is 4.74 Å². The van der Waals surface area contributed by atoms with Crippen molar-refractivity contribution in [2.75, 3.05) is 17.7 Å². The van der Waals surface area contributed by atoms with E-state index >= 15 is 0 Å². The fraction of sp³-hybridized carbons (Fsp3) is 0.278. The van der Waals surface area contributed by atoms with Crippen molar-refractivity contribution >= 4 is 40.1 Å². The fourth-order valence-corrected chi connectivity index (χ4v) is 3.99. The van der Waals surface area contributed by atoms with Crippen LogP contribution in [0.5, 0.6) is 0 Å². The van der Waals surface area contributed by atoms with Crippen LogP contribution in [-0.4, -0.2) is 44.0 Å². The molecule has 0 aliphatic carbocycles. The molecule has 0 saturated carbocycles. The number of ether oxygens (including phenoxy) is 1. The Morgan fingerprint density at radius 1 is 1.25 bits per heavy atom. The van der Waals surface area contributed by atoms with Crippen molar-refractivity contribution in [3.8, 4) is 11.4 Å². The van der Waals surface area contributed by atoms with Crippen LogP contribution in [-0.2, 0) is 16.6 Å². The fourth-order valence-electron chi connectivity index (χ4n) is 2.40. The quantitative estimate of drug-likeness (QED) is 0.466. The number of carbonyl (C=O) groups is 2. The van der Waals surface area contributed by atoms with E-state index in [0.717, 1.165) is 22.7 Å². The van der Waals surface area contributed by atoms with Gasteiger partial charge in [0.1, 0.15) is 4.88 Å². The number of esters is 1. The number of carbonyl (C=O) groups excluding carboxylic acids is 2. The van der Waals surface area contributed by atoms with Gasteiger partial charge in [-0.05, 0) is 13.8 Å². The Balaban J connectivity index is 1.60. The van der Waals surface area contributed by atoms with E-state index in [1.807, 2.05) is 41.9 Å². The molecule has 1 N–H and O–H groups in total. The smallest absolute Gasteiger partial charge is 0.350 e. The van der Waals surface area contributed by atoms with Crippen LogP contribution in [0.4, 0.5) is 5.13 Å². The van der Waals surface area contributed by atoms with E-state index in [9.17, 15) is 9.59 Å². The summed E-state index contributed by atoms with van der Waals surface area (Å²) in [6, 6.07) is 9.72. The number of amides is 1. The molecule has 0 aliphatic rings. The van der Waals surface area contributed by atoms with Crippen LogP contribution in [0.15, 0.2) is 35.5 Å². The van der Waals surface area contributed by atoms with Crippen LogP contribution in [0.25, 0.3) is 11.4 Å². The van der Waals surface area contributed by atoms with Crippen molar-refractivity contribution in [3.63, 3.8) is 0 Å². The second-order valence-corrected chi connectivity index (χ2v) is 7.66. The Hall–Kier alpha value is -2.72. The predicted octanol–water partition coefficient (Wildman–Crippen LogP) is 3.15. The average molecular weight is 418 g/mol. The average Bonchev–Trinajstić information content (AvgIpc) is 3.23. The van der Waals surface area contributed by atoms with Crippen LogP contribution in [0.2, 0.25) is 0 Å². The zero-order valence-corrected chi connectivity index (χ0v) is 17.3. The maximum Gasteiger partial charge on any atom is 0.350 e. The first-order chi connectivity index (χ1) is 13.5. The summed E-state index contributed by atoms with van der Waals surface area (Å²) in [7, 11) is 1.86. The lowest BCUT2D eigenvalue weighted by Gasteiger charge is -2.04. The molecule has 2 aromatic heterocycles. The van der Waals surface area contributed by atoms with E-state index in [2.05, 4.69) is 20.5 Å². The lowest BCUT2D eigenvalue weighted by Crippen LogP contribution is -2.14. The van der Waals surface area contributed by atoms with Crippen molar-refractivity contribution in [3.05, 3.63) is 40.9 Å². The molecule has 8 nitrogen and oxygen atoms in total. The summed E-state index contributed by atoms with van der Waals surface area (Å²) < 4.78 is 6.83. The molecule has 0 bridgehead atoms. The molecule has 0 atom stereocenters. The Morgan fingerprint density at radius 3 is 2.71 bits per heavy atom. The molecular weight excluding hydrogens is 398 g/mol. The van der Waals surface area contributed by atoms with Crippen LogP contribution in [0.3, 0.4) is 0 Å². The number of nitrogens with zero attached hydrogens (tertiary/aromatic N) is 4. The molecule has 1 amide bonds. The van der Waals surface area contributed by atoms with Crippen LogP contribution in [0.1, 0.15) is 22.3 Å². The van der Waals surface area contributed by atoms with E-state index in [1.54, 1.807) is 13.8 Å². The highest BCUT2D eigenvalue weighted by Gasteiger charge is 2.18. The number of thioether (sulfide) groups is 1. The van der Waals surface area contributed by atoms with Gasteiger partial charge >= 0.3 is 5.97 Å². The highest BCUT2D eigenvalue weighted by Crippen LogP contribution is 2.25. The molecule has 10 heteroatoms. The van der Waals surface area contributed by atoms with Gasteiger partial charge in [0.15, 0.2) is 16.1 Å². The Kier molecular flexibility index (Phi) is 6.42. The molecule has 146 valence electrons. The van der Waals surface area contributed by atoms with Gasteiger partial charge in [-0.15, -0.1) is 10.2 Å². The first kappa shape index (κ1) is 20.0. The molecular formula is C18H19N5O3S2. The molecule has 0 saturated heterocycles. The number of thiazole rings is 1. The maximum absolute atomic E-state index is 12.3. The van der Waals surface area contributed by atoms with E-state index in [0.29, 0.717) is 20.9 Å². The van der Waals surface area contributed by atoms with E-state index in [1.165, 1.54) is 11.8 Å². The van der Waals surface area contributed by atoms with Crippen molar-refractivity contribution in [2.24, 2.45) is 7.05 Å². The number of nitrogens with one attached hydrogen (secondary N) is 1. The number of aromatic nitrogens is 4. The summed E-state index contributed by atoms with van der Waals surface area (Å²) in [6.07, 6.45) is 0. The SMILES string of the molecule is CCOC(=O)c1sc(NC(=O)CSc2nnc(-c3ccccc3)n2C)nc1C. The molecule has 1 aromatic carbocycles. The minimum Gasteiger partial charge on any atom is -0.462 e. The third kappa shape index (κ3) is 4.57. The Morgan fingerprint density at radius 2 is 2.00 bits per heavy atom. The van der Waals surface area contributed by atoms with Gasteiger partial charge in [0.2, 0.25) is 5.91 Å². The number of benzene rings is 1. The minimum atomic E-state index is -0.431. The molecule has 3 aromatic rings. The van der Waals surface area contributed by atoms with Gasteiger partial charge in [0.05, 0.1) is 18.1 Å². The third-order valence-corrected chi connectivity index (χ3v) is 5.78. The zero-order chi connectivity index (χ0) is 20.1. The minimum absolute atomic E-state index is 0.147. The molecule has 0 radical (unpaired) electrons. The second kappa shape index (κ2) is 8.98. The molecule has 0 aliphatic heterocycles. The van der Waals surface area contributed by atoms with Crippen LogP contribution in [0, 0.1) is 6.92 Å². The van der Waals surface area contributed by atoms with Gasteiger partial charge in [-0.25, -0.2) is 9.78 Å². The summed E-state index contributed by atoms with van der Waals surface area (Å²) in [5, 5.41) is 12.1. The highest BCUT2D eigenvalue weighted by molar-refractivity contribution is 7.99. The third-order valence-electron chi connectivity index (χ3n) is 3.70. The number of hydrogen-bond donors (Lipinski definition) is 1. The monoisotopic (exact) mass is 417 g/mol. The topological polar surface area (TPSA) is 99.0 Å². The van der Waals surface area contributed by atoms with Gasteiger partial charge in [0, 0.05) is 12.6 Å². The number of hydrogen-bond acceptors (Lipinski definition) is 8. The van der Waals surface area contributed by atoms with Crippen molar-refractivity contribution in [1.29, 1.82) is 0 Å². The van der Waals surface area contributed by atoms with Crippen LogP contribution < -0.4 is 5.32 Å².